The molecule has 1 aromatic rings. The molecule has 1 heterocycles. The number of benzene rings is 1. The van der Waals surface area contributed by atoms with E-state index < -0.39 is 6.23 Å². The van der Waals surface area contributed by atoms with E-state index in [9.17, 15) is 4.79 Å². The van der Waals surface area contributed by atoms with E-state index in [1.54, 1.807) is 11.8 Å². The maximum atomic E-state index is 12.5. The van der Waals surface area contributed by atoms with Gasteiger partial charge < -0.3 is 4.74 Å². The topological polar surface area (TPSA) is 29.5 Å². The van der Waals surface area contributed by atoms with Crippen molar-refractivity contribution in [2.24, 2.45) is 0 Å². The molecule has 104 valence electrons. The van der Waals surface area contributed by atoms with Crippen LogP contribution >= 0.6 is 11.6 Å². The molecule has 1 aliphatic heterocycles. The van der Waals surface area contributed by atoms with Crippen LogP contribution in [0.3, 0.4) is 0 Å². The molecule has 1 atom stereocenters. The Morgan fingerprint density at radius 1 is 1.40 bits per heavy atom. The minimum Gasteiger partial charge on any atom is -0.470 e. The third-order valence-electron chi connectivity index (χ3n) is 3.21. The van der Waals surface area contributed by atoms with Crippen LogP contribution in [0, 0.1) is 12.3 Å². The highest BCUT2D eigenvalue weighted by Gasteiger charge is 2.34. The molecule has 0 saturated carbocycles. The number of hydrogen-bond donors (Lipinski definition) is 0. The molecular formula is C16H16ClNO2. The largest absolute Gasteiger partial charge is 0.470 e. The average molecular weight is 290 g/mol. The standard InChI is InChI=1S/C16H16ClNO2/c1-3-11-18-15(19)14(9-10-17)12(2)20-16(18)13-7-5-4-6-8-13/h1,4-8,16H,9-11H2,2H3. The van der Waals surface area contributed by atoms with Crippen LogP contribution in [0.25, 0.3) is 0 Å². The lowest BCUT2D eigenvalue weighted by atomic mass is 10.1. The fourth-order valence-corrected chi connectivity index (χ4v) is 2.42. The van der Waals surface area contributed by atoms with Crippen molar-refractivity contribution < 1.29 is 9.53 Å². The summed E-state index contributed by atoms with van der Waals surface area (Å²) in [6.07, 6.45) is 5.38. The molecule has 0 aliphatic carbocycles. The highest BCUT2D eigenvalue weighted by molar-refractivity contribution is 6.18. The van der Waals surface area contributed by atoms with E-state index in [1.807, 2.05) is 30.3 Å². The molecule has 1 amide bonds. The predicted molar refractivity (Wildman–Crippen MR) is 78.9 cm³/mol. The summed E-state index contributed by atoms with van der Waals surface area (Å²) in [4.78, 5) is 14.1. The van der Waals surface area contributed by atoms with E-state index >= 15 is 0 Å². The van der Waals surface area contributed by atoms with Gasteiger partial charge in [0, 0.05) is 11.4 Å². The molecule has 4 heteroatoms. The highest BCUT2D eigenvalue weighted by atomic mass is 35.5. The van der Waals surface area contributed by atoms with Gasteiger partial charge in [-0.2, -0.15) is 0 Å². The molecule has 2 rings (SSSR count). The fraction of sp³-hybridized carbons (Fsp3) is 0.312. The maximum Gasteiger partial charge on any atom is 0.257 e. The number of rotatable bonds is 4. The smallest absolute Gasteiger partial charge is 0.257 e. The first-order valence-corrected chi connectivity index (χ1v) is 6.94. The molecule has 0 radical (unpaired) electrons. The number of amides is 1. The highest BCUT2D eigenvalue weighted by Crippen LogP contribution is 2.33. The molecule has 0 bridgehead atoms. The summed E-state index contributed by atoms with van der Waals surface area (Å²) in [5.74, 6) is 3.42. The van der Waals surface area contributed by atoms with Crippen LogP contribution in [0.4, 0.5) is 0 Å². The molecule has 0 aromatic heterocycles. The molecular weight excluding hydrogens is 274 g/mol. The van der Waals surface area contributed by atoms with Gasteiger partial charge in [0.15, 0.2) is 0 Å². The van der Waals surface area contributed by atoms with Crippen molar-refractivity contribution in [1.29, 1.82) is 0 Å². The van der Waals surface area contributed by atoms with Crippen molar-refractivity contribution in [3.05, 3.63) is 47.2 Å². The Labute approximate surface area is 124 Å². The minimum absolute atomic E-state index is 0.0961. The van der Waals surface area contributed by atoms with Crippen molar-refractivity contribution in [3.63, 3.8) is 0 Å². The Kier molecular flexibility index (Phi) is 4.70. The molecule has 0 spiro atoms. The number of alkyl halides is 1. The van der Waals surface area contributed by atoms with Gasteiger partial charge in [0.2, 0.25) is 6.23 Å². The number of terminal acetylenes is 1. The molecule has 1 unspecified atom stereocenters. The zero-order chi connectivity index (χ0) is 14.5. The second-order valence-corrected chi connectivity index (χ2v) is 4.87. The number of allylic oxidation sites excluding steroid dienone is 1. The van der Waals surface area contributed by atoms with Gasteiger partial charge in [-0.3, -0.25) is 9.69 Å². The lowest BCUT2D eigenvalue weighted by Crippen LogP contribution is -2.41. The second-order valence-electron chi connectivity index (χ2n) is 4.49. The minimum atomic E-state index is -0.473. The zero-order valence-corrected chi connectivity index (χ0v) is 12.1. The zero-order valence-electron chi connectivity index (χ0n) is 11.3. The Morgan fingerprint density at radius 3 is 2.70 bits per heavy atom. The van der Waals surface area contributed by atoms with Crippen LogP contribution in [0.1, 0.15) is 25.1 Å². The van der Waals surface area contributed by atoms with Crippen LogP contribution < -0.4 is 0 Å². The van der Waals surface area contributed by atoms with Gasteiger partial charge in [-0.15, -0.1) is 18.0 Å². The van der Waals surface area contributed by atoms with E-state index in [4.69, 9.17) is 22.8 Å². The van der Waals surface area contributed by atoms with Crippen molar-refractivity contribution in [2.75, 3.05) is 12.4 Å². The third kappa shape index (κ3) is 2.81. The predicted octanol–water partition coefficient (Wildman–Crippen LogP) is 3.08. The van der Waals surface area contributed by atoms with E-state index in [2.05, 4.69) is 5.92 Å². The van der Waals surface area contributed by atoms with Crippen LogP contribution in [-0.4, -0.2) is 23.2 Å². The summed E-state index contributed by atoms with van der Waals surface area (Å²) in [6.45, 7) is 2.00. The van der Waals surface area contributed by atoms with Crippen LogP contribution in [0.15, 0.2) is 41.7 Å². The average Bonchev–Trinajstić information content (AvgIpc) is 2.47. The maximum absolute atomic E-state index is 12.5. The molecule has 1 aromatic carbocycles. The number of ether oxygens (including phenoxy) is 1. The Hall–Kier alpha value is -1.92. The summed E-state index contributed by atoms with van der Waals surface area (Å²) in [7, 11) is 0. The van der Waals surface area contributed by atoms with E-state index in [1.165, 1.54) is 0 Å². The first kappa shape index (κ1) is 14.5. The number of carbonyl (C=O) groups is 1. The molecule has 20 heavy (non-hydrogen) atoms. The SMILES string of the molecule is C#CCN1C(=O)C(CCCl)=C(C)OC1c1ccccc1. The Morgan fingerprint density at radius 2 is 2.10 bits per heavy atom. The number of halogens is 1. The van der Waals surface area contributed by atoms with Crippen LogP contribution in [0.5, 0.6) is 0 Å². The Balaban J connectivity index is 2.38. The van der Waals surface area contributed by atoms with Crippen LogP contribution in [-0.2, 0) is 9.53 Å². The lowest BCUT2D eigenvalue weighted by Gasteiger charge is -2.36. The summed E-state index contributed by atoms with van der Waals surface area (Å²) < 4.78 is 5.90. The number of hydrogen-bond acceptors (Lipinski definition) is 2. The molecule has 0 fully saturated rings. The monoisotopic (exact) mass is 289 g/mol. The second kappa shape index (κ2) is 6.49. The molecule has 3 nitrogen and oxygen atoms in total. The normalized spacial score (nSPS) is 18.8. The van der Waals surface area contributed by atoms with Gasteiger partial charge in [0.1, 0.15) is 5.76 Å². The van der Waals surface area contributed by atoms with E-state index in [0.29, 0.717) is 23.6 Å². The molecule has 0 N–H and O–H groups in total. The summed E-state index contributed by atoms with van der Waals surface area (Å²) in [5.41, 5.74) is 1.50. The van der Waals surface area contributed by atoms with Crippen LogP contribution in [0.2, 0.25) is 0 Å². The Bertz CT molecular complexity index is 560. The third-order valence-corrected chi connectivity index (χ3v) is 3.40. The lowest BCUT2D eigenvalue weighted by molar-refractivity contribution is -0.143. The quantitative estimate of drug-likeness (QED) is 0.630. The van der Waals surface area contributed by atoms with Crippen molar-refractivity contribution >= 4 is 17.5 Å². The summed E-state index contributed by atoms with van der Waals surface area (Å²) >= 11 is 5.74. The summed E-state index contributed by atoms with van der Waals surface area (Å²) in [5, 5.41) is 0. The molecule has 0 saturated heterocycles. The summed E-state index contributed by atoms with van der Waals surface area (Å²) in [6, 6.07) is 9.57. The fourth-order valence-electron chi connectivity index (χ4n) is 2.23. The first-order chi connectivity index (χ1) is 9.69. The van der Waals surface area contributed by atoms with Gasteiger partial charge in [-0.05, 0) is 13.3 Å². The molecule has 1 aliphatic rings. The van der Waals surface area contributed by atoms with Crippen molar-refractivity contribution in [2.45, 2.75) is 19.6 Å². The van der Waals surface area contributed by atoms with E-state index in [-0.39, 0.29) is 12.5 Å². The van der Waals surface area contributed by atoms with Crippen molar-refractivity contribution in [1.82, 2.24) is 4.90 Å². The first-order valence-electron chi connectivity index (χ1n) is 6.40. The van der Waals surface area contributed by atoms with Gasteiger partial charge in [0.25, 0.3) is 5.91 Å². The van der Waals surface area contributed by atoms with Gasteiger partial charge in [0.05, 0.1) is 12.1 Å². The van der Waals surface area contributed by atoms with Gasteiger partial charge in [-0.1, -0.05) is 36.3 Å². The van der Waals surface area contributed by atoms with Crippen molar-refractivity contribution in [3.8, 4) is 12.3 Å². The van der Waals surface area contributed by atoms with Gasteiger partial charge in [-0.25, -0.2) is 0 Å². The number of carbonyl (C=O) groups excluding carboxylic acids is 1. The number of nitrogens with zero attached hydrogens (tertiary/aromatic N) is 1. The van der Waals surface area contributed by atoms with Gasteiger partial charge >= 0.3 is 0 Å². The van der Waals surface area contributed by atoms with E-state index in [0.717, 1.165) is 5.56 Å².